The highest BCUT2D eigenvalue weighted by Gasteiger charge is 2.48. The van der Waals surface area contributed by atoms with Crippen LogP contribution in [0.4, 0.5) is 0 Å². The molecule has 0 saturated heterocycles. The number of hydrogen-bond acceptors (Lipinski definition) is 3. The van der Waals surface area contributed by atoms with Crippen LogP contribution in [-0.2, 0) is 4.79 Å². The van der Waals surface area contributed by atoms with E-state index in [0.717, 1.165) is 17.7 Å². The van der Waals surface area contributed by atoms with Gasteiger partial charge in [-0.3, -0.25) is 4.79 Å². The van der Waals surface area contributed by atoms with E-state index in [9.17, 15) is 9.90 Å². The zero-order valence-electron chi connectivity index (χ0n) is 17.9. The minimum atomic E-state index is -0.0561. The number of aliphatic hydroxyl groups is 1. The standard InChI is InChI=1S/C29H26O2S/c30-25-15-8-16-26(31)28(25)29(32-18-9-2-1-3-10-18)24-17-23-19-11-4-6-13-21(19)27(24)22-14-7-5-12-20(22)23/h1-7,9-14,23-24,27,29-30H,8,15-17H2/t23?,24-,27?,29-/m0/s1. The van der Waals surface area contributed by atoms with Crippen molar-refractivity contribution in [2.24, 2.45) is 5.92 Å². The summed E-state index contributed by atoms with van der Waals surface area (Å²) < 4.78 is 0. The van der Waals surface area contributed by atoms with Gasteiger partial charge in [-0.05, 0) is 53.1 Å². The topological polar surface area (TPSA) is 37.3 Å². The zero-order valence-corrected chi connectivity index (χ0v) is 18.7. The number of thioether (sulfide) groups is 1. The summed E-state index contributed by atoms with van der Waals surface area (Å²) in [5.74, 6) is 1.29. The maximum Gasteiger partial charge on any atom is 0.163 e. The van der Waals surface area contributed by atoms with Gasteiger partial charge in [0, 0.05) is 40.4 Å². The van der Waals surface area contributed by atoms with Gasteiger partial charge in [0.25, 0.3) is 0 Å². The first-order valence-corrected chi connectivity index (χ1v) is 12.4. The summed E-state index contributed by atoms with van der Waals surface area (Å²) >= 11 is 1.76. The first kappa shape index (κ1) is 19.9. The maximum atomic E-state index is 13.1. The van der Waals surface area contributed by atoms with Crippen molar-refractivity contribution < 1.29 is 9.90 Å². The van der Waals surface area contributed by atoms with Crippen molar-refractivity contribution in [2.75, 3.05) is 0 Å². The lowest BCUT2D eigenvalue weighted by atomic mass is 9.57. The van der Waals surface area contributed by atoms with Crippen LogP contribution in [0.3, 0.4) is 0 Å². The first-order valence-electron chi connectivity index (χ1n) is 11.6. The fourth-order valence-corrected chi connectivity index (χ4v) is 7.59. The first-order chi connectivity index (χ1) is 15.7. The van der Waals surface area contributed by atoms with Crippen molar-refractivity contribution in [2.45, 2.75) is 47.7 Å². The molecule has 2 bridgehead atoms. The van der Waals surface area contributed by atoms with E-state index in [4.69, 9.17) is 0 Å². The van der Waals surface area contributed by atoms with Crippen molar-refractivity contribution >= 4 is 17.5 Å². The van der Waals surface area contributed by atoms with Crippen molar-refractivity contribution in [1.82, 2.24) is 0 Å². The molecule has 0 saturated carbocycles. The molecule has 7 rings (SSSR count). The van der Waals surface area contributed by atoms with Gasteiger partial charge in [0.2, 0.25) is 0 Å². The number of rotatable bonds is 4. The Kier molecular flexibility index (Phi) is 4.95. The number of ketones is 1. The Balaban J connectivity index is 1.51. The van der Waals surface area contributed by atoms with Gasteiger partial charge in [0.05, 0.1) is 0 Å². The number of carbonyl (C=O) groups excluding carboxylic acids is 1. The van der Waals surface area contributed by atoms with E-state index >= 15 is 0 Å². The third-order valence-electron chi connectivity index (χ3n) is 7.46. The number of hydrogen-bond donors (Lipinski definition) is 1. The Labute approximate surface area is 193 Å². The highest BCUT2D eigenvalue weighted by Crippen LogP contribution is 2.59. The Morgan fingerprint density at radius 3 is 2.00 bits per heavy atom. The SMILES string of the molecule is O=C1CCCC(O)=C1[C@@H](Sc1ccccc1)[C@H]1CC2c3ccccc3C1c1ccccc12. The molecule has 3 aromatic carbocycles. The van der Waals surface area contributed by atoms with Gasteiger partial charge in [0.15, 0.2) is 5.78 Å². The molecule has 0 heterocycles. The Morgan fingerprint density at radius 1 is 0.781 bits per heavy atom. The van der Waals surface area contributed by atoms with E-state index in [1.807, 2.05) is 18.2 Å². The van der Waals surface area contributed by atoms with Crippen LogP contribution >= 0.6 is 11.8 Å². The molecule has 0 spiro atoms. The van der Waals surface area contributed by atoms with Crippen molar-refractivity contribution in [3.63, 3.8) is 0 Å². The average molecular weight is 439 g/mol. The highest BCUT2D eigenvalue weighted by molar-refractivity contribution is 8.00. The molecule has 0 fully saturated rings. The number of benzene rings is 3. The molecular formula is C29H26O2S. The van der Waals surface area contributed by atoms with Crippen molar-refractivity contribution in [1.29, 1.82) is 0 Å². The Hall–Kier alpha value is -2.78. The van der Waals surface area contributed by atoms with Gasteiger partial charge in [-0.1, -0.05) is 66.7 Å². The van der Waals surface area contributed by atoms with Crippen LogP contribution in [0.5, 0.6) is 0 Å². The van der Waals surface area contributed by atoms with E-state index in [1.165, 1.54) is 22.3 Å². The van der Waals surface area contributed by atoms with Gasteiger partial charge >= 0.3 is 0 Å². The summed E-state index contributed by atoms with van der Waals surface area (Å²) in [6.07, 6.45) is 2.91. The molecule has 0 radical (unpaired) electrons. The third-order valence-corrected chi connectivity index (χ3v) is 8.84. The van der Waals surface area contributed by atoms with Crippen LogP contribution in [0.25, 0.3) is 0 Å². The van der Waals surface area contributed by atoms with Crippen LogP contribution in [0.1, 0.15) is 59.8 Å². The number of aliphatic hydroxyl groups excluding tert-OH is 1. The van der Waals surface area contributed by atoms with Gasteiger partial charge in [-0.15, -0.1) is 11.8 Å². The molecule has 0 amide bonds. The largest absolute Gasteiger partial charge is 0.512 e. The summed E-state index contributed by atoms with van der Waals surface area (Å²) in [7, 11) is 0. The van der Waals surface area contributed by atoms with Gasteiger partial charge in [-0.2, -0.15) is 0 Å². The molecule has 160 valence electrons. The monoisotopic (exact) mass is 438 g/mol. The fraction of sp³-hybridized carbons (Fsp3) is 0.276. The Bertz CT molecular complexity index is 1170. The lowest BCUT2D eigenvalue weighted by Gasteiger charge is -2.48. The molecule has 2 nitrogen and oxygen atoms in total. The number of carbonyl (C=O) groups is 1. The molecule has 0 aromatic heterocycles. The minimum absolute atomic E-state index is 0.0561. The summed E-state index contributed by atoms with van der Waals surface area (Å²) in [4.78, 5) is 14.3. The normalized spacial score (nSPS) is 24.8. The lowest BCUT2D eigenvalue weighted by molar-refractivity contribution is -0.116. The van der Waals surface area contributed by atoms with Crippen molar-refractivity contribution in [3.05, 3.63) is 112 Å². The number of Topliss-reactive ketones (excluding diaryl/α,β-unsaturated/α-hetero) is 1. The van der Waals surface area contributed by atoms with E-state index in [2.05, 4.69) is 60.7 Å². The molecule has 3 heteroatoms. The quantitative estimate of drug-likeness (QED) is 0.445. The van der Waals surface area contributed by atoms with E-state index in [1.54, 1.807) is 11.8 Å². The highest BCUT2D eigenvalue weighted by atomic mass is 32.2. The minimum Gasteiger partial charge on any atom is -0.512 e. The molecule has 3 aromatic rings. The zero-order chi connectivity index (χ0) is 21.7. The number of allylic oxidation sites excluding steroid dienone is 1. The van der Waals surface area contributed by atoms with Crippen LogP contribution in [-0.4, -0.2) is 16.1 Å². The summed E-state index contributed by atoms with van der Waals surface area (Å²) in [6.45, 7) is 0. The fourth-order valence-electron chi connectivity index (χ4n) is 6.16. The molecule has 0 unspecified atom stereocenters. The molecule has 1 N–H and O–H groups in total. The van der Waals surface area contributed by atoms with E-state index in [0.29, 0.717) is 30.1 Å². The van der Waals surface area contributed by atoms with E-state index < -0.39 is 0 Å². The maximum absolute atomic E-state index is 13.1. The van der Waals surface area contributed by atoms with Crippen LogP contribution in [0.15, 0.2) is 95.1 Å². The predicted octanol–water partition coefficient (Wildman–Crippen LogP) is 7.01. The molecule has 4 aliphatic rings. The van der Waals surface area contributed by atoms with Crippen molar-refractivity contribution in [3.8, 4) is 0 Å². The van der Waals surface area contributed by atoms with Gasteiger partial charge in [-0.25, -0.2) is 0 Å². The van der Waals surface area contributed by atoms with Crippen LogP contribution in [0, 0.1) is 5.92 Å². The number of fused-ring (bicyclic) bond motifs is 1. The molecule has 0 aliphatic heterocycles. The van der Waals surface area contributed by atoms with Gasteiger partial charge < -0.3 is 5.11 Å². The molecule has 4 aliphatic carbocycles. The van der Waals surface area contributed by atoms with Gasteiger partial charge in [0.1, 0.15) is 5.76 Å². The van der Waals surface area contributed by atoms with Crippen LogP contribution < -0.4 is 0 Å². The lowest BCUT2D eigenvalue weighted by Crippen LogP contribution is -2.39. The summed E-state index contributed by atoms with van der Waals surface area (Å²) in [5, 5.41) is 10.9. The van der Waals surface area contributed by atoms with E-state index in [-0.39, 0.29) is 22.9 Å². The molecule has 32 heavy (non-hydrogen) atoms. The predicted molar refractivity (Wildman–Crippen MR) is 129 cm³/mol. The Morgan fingerprint density at radius 2 is 1.38 bits per heavy atom. The summed E-state index contributed by atoms with van der Waals surface area (Å²) in [6, 6.07) is 28.0. The molecule has 2 atom stereocenters. The third kappa shape index (κ3) is 3.14. The van der Waals surface area contributed by atoms with Crippen LogP contribution in [0.2, 0.25) is 0 Å². The second kappa shape index (κ2) is 7.97. The second-order valence-electron chi connectivity index (χ2n) is 9.18. The average Bonchev–Trinajstić information content (AvgIpc) is 2.84. The smallest absolute Gasteiger partial charge is 0.163 e. The summed E-state index contributed by atoms with van der Waals surface area (Å²) in [5.41, 5.74) is 6.34. The second-order valence-corrected chi connectivity index (χ2v) is 10.4. The molecular weight excluding hydrogens is 412 g/mol.